The monoisotopic (exact) mass is 344 g/mol. The smallest absolute Gasteiger partial charge is 0.333 e. The molecule has 25 heavy (non-hydrogen) atoms. The van der Waals surface area contributed by atoms with Gasteiger partial charge in [-0.1, -0.05) is 49.1 Å². The highest BCUT2D eigenvalue weighted by atomic mass is 16.6. The molecule has 1 aliphatic heterocycles. The van der Waals surface area contributed by atoms with Crippen molar-refractivity contribution in [2.75, 3.05) is 20.3 Å². The first-order valence-corrected chi connectivity index (χ1v) is 7.86. The predicted molar refractivity (Wildman–Crippen MR) is 96.8 cm³/mol. The van der Waals surface area contributed by atoms with E-state index < -0.39 is 0 Å². The zero-order valence-electron chi connectivity index (χ0n) is 14.9. The molecule has 0 bridgehead atoms. The molecule has 0 aliphatic carbocycles. The summed E-state index contributed by atoms with van der Waals surface area (Å²) in [5.74, 6) is -0.666. The molecule has 0 saturated carbocycles. The fourth-order valence-corrected chi connectivity index (χ4v) is 1.54. The molecule has 1 fully saturated rings. The second-order valence-electron chi connectivity index (χ2n) is 5.49. The third-order valence-corrected chi connectivity index (χ3v) is 3.04. The van der Waals surface area contributed by atoms with Crippen LogP contribution in [0.1, 0.15) is 19.4 Å². The zero-order valence-corrected chi connectivity index (χ0v) is 14.9. The molecule has 5 heteroatoms. The SMILES string of the molecule is C=C(C)C(=O)OCC1CO1.COC(=O)C=C(C)C=Cc1ccccc1. The van der Waals surface area contributed by atoms with Gasteiger partial charge in [-0.25, -0.2) is 9.59 Å². The third kappa shape index (κ3) is 9.94. The van der Waals surface area contributed by atoms with Crippen LogP contribution in [-0.4, -0.2) is 38.4 Å². The summed E-state index contributed by atoms with van der Waals surface area (Å²) in [7, 11) is 1.37. The van der Waals surface area contributed by atoms with Gasteiger partial charge in [0.25, 0.3) is 0 Å². The van der Waals surface area contributed by atoms with E-state index in [1.54, 1.807) is 6.92 Å². The van der Waals surface area contributed by atoms with Gasteiger partial charge in [-0.3, -0.25) is 0 Å². The van der Waals surface area contributed by atoms with Gasteiger partial charge in [-0.05, 0) is 25.0 Å². The molecule has 2 rings (SSSR count). The Morgan fingerprint density at radius 3 is 2.44 bits per heavy atom. The molecule has 0 aromatic heterocycles. The van der Waals surface area contributed by atoms with Gasteiger partial charge in [0.15, 0.2) is 0 Å². The first kappa shape index (κ1) is 20.4. The number of carbonyl (C=O) groups excluding carboxylic acids is 2. The van der Waals surface area contributed by atoms with Crippen LogP contribution in [-0.2, 0) is 23.8 Å². The highest BCUT2D eigenvalue weighted by Crippen LogP contribution is 2.09. The summed E-state index contributed by atoms with van der Waals surface area (Å²) in [5.41, 5.74) is 2.40. The number of carbonyl (C=O) groups is 2. The Kier molecular flexibility index (Phi) is 8.96. The number of hydrogen-bond donors (Lipinski definition) is 0. The van der Waals surface area contributed by atoms with Crippen molar-refractivity contribution in [3.63, 3.8) is 0 Å². The highest BCUT2D eigenvalue weighted by Gasteiger charge is 2.24. The minimum atomic E-state index is -0.337. The Morgan fingerprint density at radius 2 is 1.92 bits per heavy atom. The number of methoxy groups -OCH3 is 1. The van der Waals surface area contributed by atoms with Crippen molar-refractivity contribution in [1.29, 1.82) is 0 Å². The summed E-state index contributed by atoms with van der Waals surface area (Å²) in [5, 5.41) is 0. The fraction of sp³-hybridized carbons (Fsp3) is 0.300. The van der Waals surface area contributed by atoms with Crippen LogP contribution in [0.3, 0.4) is 0 Å². The molecule has 1 atom stereocenters. The molecule has 0 N–H and O–H groups in total. The average molecular weight is 344 g/mol. The normalized spacial score (nSPS) is 15.8. The molecule has 1 aromatic rings. The number of hydrogen-bond acceptors (Lipinski definition) is 5. The Labute approximate surface area is 148 Å². The van der Waals surface area contributed by atoms with Gasteiger partial charge < -0.3 is 14.2 Å². The first-order valence-electron chi connectivity index (χ1n) is 7.86. The van der Waals surface area contributed by atoms with E-state index in [1.165, 1.54) is 13.2 Å². The predicted octanol–water partition coefficient (Wildman–Crippen LogP) is 3.32. The molecule has 1 saturated heterocycles. The fourth-order valence-electron chi connectivity index (χ4n) is 1.54. The van der Waals surface area contributed by atoms with Crippen molar-refractivity contribution in [2.24, 2.45) is 0 Å². The van der Waals surface area contributed by atoms with Crippen LogP contribution >= 0.6 is 0 Å². The van der Waals surface area contributed by atoms with E-state index in [4.69, 9.17) is 9.47 Å². The molecule has 0 spiro atoms. The van der Waals surface area contributed by atoms with Gasteiger partial charge in [-0.2, -0.15) is 0 Å². The average Bonchev–Trinajstić information content (AvgIpc) is 3.43. The Balaban J connectivity index is 0.000000271. The largest absolute Gasteiger partial charge is 0.466 e. The first-order chi connectivity index (χ1) is 11.9. The Morgan fingerprint density at radius 1 is 1.28 bits per heavy atom. The van der Waals surface area contributed by atoms with E-state index >= 15 is 0 Å². The number of allylic oxidation sites excluding steroid dienone is 2. The van der Waals surface area contributed by atoms with Crippen LogP contribution in [0, 0.1) is 0 Å². The minimum Gasteiger partial charge on any atom is -0.466 e. The summed E-state index contributed by atoms with van der Waals surface area (Å²) < 4.78 is 14.1. The van der Waals surface area contributed by atoms with Crippen molar-refractivity contribution >= 4 is 18.0 Å². The van der Waals surface area contributed by atoms with Gasteiger partial charge in [0.1, 0.15) is 12.7 Å². The maximum Gasteiger partial charge on any atom is 0.333 e. The molecular weight excluding hydrogens is 320 g/mol. The van der Waals surface area contributed by atoms with Gasteiger partial charge >= 0.3 is 11.9 Å². The third-order valence-electron chi connectivity index (χ3n) is 3.04. The van der Waals surface area contributed by atoms with E-state index in [0.29, 0.717) is 18.8 Å². The highest BCUT2D eigenvalue weighted by molar-refractivity contribution is 5.86. The summed E-state index contributed by atoms with van der Waals surface area (Å²) in [6.45, 7) is 8.00. The van der Waals surface area contributed by atoms with Crippen molar-refractivity contribution < 1.29 is 23.8 Å². The van der Waals surface area contributed by atoms with E-state index in [-0.39, 0.29) is 18.0 Å². The van der Waals surface area contributed by atoms with Crippen LogP contribution in [0.25, 0.3) is 6.08 Å². The van der Waals surface area contributed by atoms with E-state index in [2.05, 4.69) is 11.3 Å². The summed E-state index contributed by atoms with van der Waals surface area (Å²) in [6, 6.07) is 9.91. The van der Waals surface area contributed by atoms with Gasteiger partial charge in [0, 0.05) is 11.6 Å². The van der Waals surface area contributed by atoms with Crippen LogP contribution < -0.4 is 0 Å². The van der Waals surface area contributed by atoms with Crippen molar-refractivity contribution in [3.05, 3.63) is 65.8 Å². The van der Waals surface area contributed by atoms with Gasteiger partial charge in [0.2, 0.25) is 0 Å². The summed E-state index contributed by atoms with van der Waals surface area (Å²) >= 11 is 0. The maximum atomic E-state index is 10.9. The number of rotatable bonds is 6. The van der Waals surface area contributed by atoms with Crippen molar-refractivity contribution in [1.82, 2.24) is 0 Å². The molecular formula is C20H24O5. The molecule has 1 unspecified atom stereocenters. The molecule has 134 valence electrons. The quantitative estimate of drug-likeness (QED) is 0.343. The standard InChI is InChI=1S/C13H14O2.C7H10O3/c1-11(10-13(14)15-2)8-9-12-6-4-3-5-7-12;1-5(2)7(8)10-4-6-3-9-6/h3-10H,1-2H3;6H,1,3-4H2,2H3. The Bertz CT molecular complexity index is 639. The lowest BCUT2D eigenvalue weighted by atomic mass is 10.1. The lowest BCUT2D eigenvalue weighted by molar-refractivity contribution is -0.139. The molecule has 1 heterocycles. The number of benzene rings is 1. The zero-order chi connectivity index (χ0) is 18.7. The van der Waals surface area contributed by atoms with Crippen molar-refractivity contribution in [3.8, 4) is 0 Å². The topological polar surface area (TPSA) is 65.1 Å². The minimum absolute atomic E-state index is 0.142. The molecule has 0 amide bonds. The second-order valence-corrected chi connectivity index (χ2v) is 5.49. The van der Waals surface area contributed by atoms with Gasteiger partial charge in [-0.15, -0.1) is 0 Å². The van der Waals surface area contributed by atoms with Crippen molar-refractivity contribution in [2.45, 2.75) is 20.0 Å². The van der Waals surface area contributed by atoms with E-state index in [1.807, 2.05) is 49.4 Å². The lowest BCUT2D eigenvalue weighted by Crippen LogP contribution is -2.09. The summed E-state index contributed by atoms with van der Waals surface area (Å²) in [4.78, 5) is 21.6. The maximum absolute atomic E-state index is 10.9. The Hall–Kier alpha value is -2.66. The van der Waals surface area contributed by atoms with Crippen LogP contribution in [0.4, 0.5) is 0 Å². The van der Waals surface area contributed by atoms with Crippen LogP contribution in [0.2, 0.25) is 0 Å². The lowest BCUT2D eigenvalue weighted by Gasteiger charge is -1.99. The molecule has 0 radical (unpaired) electrons. The number of epoxide rings is 1. The molecule has 1 aliphatic rings. The van der Waals surface area contributed by atoms with Gasteiger partial charge in [0.05, 0.1) is 13.7 Å². The molecule has 5 nitrogen and oxygen atoms in total. The van der Waals surface area contributed by atoms with E-state index in [9.17, 15) is 9.59 Å². The van der Waals surface area contributed by atoms with Crippen LogP contribution in [0.5, 0.6) is 0 Å². The number of ether oxygens (including phenoxy) is 3. The van der Waals surface area contributed by atoms with Crippen LogP contribution in [0.15, 0.2) is 60.2 Å². The van der Waals surface area contributed by atoms with E-state index in [0.717, 1.165) is 11.1 Å². The molecule has 1 aromatic carbocycles. The summed E-state index contributed by atoms with van der Waals surface area (Å²) in [6.07, 6.45) is 5.43. The number of esters is 2. The second kappa shape index (κ2) is 11.0.